The van der Waals surface area contributed by atoms with Gasteiger partial charge >= 0.3 is 0 Å². The Bertz CT molecular complexity index is 540. The molecule has 0 radical (unpaired) electrons. The predicted molar refractivity (Wildman–Crippen MR) is 78.1 cm³/mol. The number of hydrogen-bond donors (Lipinski definition) is 3. The summed E-state index contributed by atoms with van der Waals surface area (Å²) >= 11 is 0. The van der Waals surface area contributed by atoms with Gasteiger partial charge in [0.2, 0.25) is 11.8 Å². The first-order chi connectivity index (χ1) is 9.38. The van der Waals surface area contributed by atoms with E-state index in [9.17, 15) is 9.59 Å². The van der Waals surface area contributed by atoms with E-state index in [1.165, 1.54) is 0 Å². The summed E-state index contributed by atoms with van der Waals surface area (Å²) in [5.74, 6) is -0.267. The largest absolute Gasteiger partial charge is 0.349 e. The van der Waals surface area contributed by atoms with E-state index in [0.29, 0.717) is 6.42 Å². The smallest absolute Gasteiger partial charge is 0.228 e. The lowest BCUT2D eigenvalue weighted by molar-refractivity contribution is -0.125. The summed E-state index contributed by atoms with van der Waals surface area (Å²) < 4.78 is 0. The Morgan fingerprint density at radius 2 is 2.05 bits per heavy atom. The Hall–Kier alpha value is -1.88. The van der Waals surface area contributed by atoms with Gasteiger partial charge in [0.15, 0.2) is 0 Å². The zero-order valence-electron chi connectivity index (χ0n) is 12.1. The minimum Gasteiger partial charge on any atom is -0.349 e. The van der Waals surface area contributed by atoms with Crippen LogP contribution < -0.4 is 16.4 Å². The molecule has 1 aliphatic rings. The Kier molecular flexibility index (Phi) is 4.09. The van der Waals surface area contributed by atoms with Crippen molar-refractivity contribution in [1.29, 1.82) is 0 Å². The first-order valence-electron chi connectivity index (χ1n) is 6.87. The van der Waals surface area contributed by atoms with Crippen LogP contribution in [0, 0.1) is 5.92 Å². The minimum atomic E-state index is -0.227. The molecule has 1 aromatic rings. The number of rotatable bonds is 4. The van der Waals surface area contributed by atoms with Crippen molar-refractivity contribution in [1.82, 2.24) is 5.32 Å². The van der Waals surface area contributed by atoms with Gasteiger partial charge in [-0.25, -0.2) is 0 Å². The van der Waals surface area contributed by atoms with Crippen LogP contribution in [0.4, 0.5) is 5.69 Å². The third-order valence-corrected chi connectivity index (χ3v) is 3.82. The average molecular weight is 275 g/mol. The van der Waals surface area contributed by atoms with Crippen LogP contribution in [0.25, 0.3) is 0 Å². The van der Waals surface area contributed by atoms with E-state index in [1.807, 2.05) is 39.0 Å². The van der Waals surface area contributed by atoms with Gasteiger partial charge in [-0.05, 0) is 31.0 Å². The molecule has 108 valence electrons. The number of fused-ring (bicyclic) bond motifs is 1. The Morgan fingerprint density at radius 3 is 2.70 bits per heavy atom. The molecule has 20 heavy (non-hydrogen) atoms. The van der Waals surface area contributed by atoms with Gasteiger partial charge in [-0.1, -0.05) is 19.1 Å². The number of carbonyl (C=O) groups is 2. The number of nitrogens with one attached hydrogen (secondary N) is 2. The fourth-order valence-corrected chi connectivity index (χ4v) is 2.19. The lowest BCUT2D eigenvalue weighted by Crippen LogP contribution is -2.39. The van der Waals surface area contributed by atoms with Crippen molar-refractivity contribution in [2.75, 3.05) is 5.32 Å². The highest BCUT2D eigenvalue weighted by Gasteiger charge is 2.21. The molecule has 1 aliphatic heterocycles. The molecule has 3 unspecified atom stereocenters. The molecule has 1 heterocycles. The standard InChI is InChI=1S/C15H21N3O2/c1-8(9(2)16)15(20)17-10(3)11-4-5-13-12(6-11)7-14(19)18-13/h4-6,8-10H,7,16H2,1-3H3,(H,17,20)(H,18,19). The zero-order valence-corrected chi connectivity index (χ0v) is 12.1. The summed E-state index contributed by atoms with van der Waals surface area (Å²) in [6, 6.07) is 5.49. The fourth-order valence-electron chi connectivity index (χ4n) is 2.19. The molecule has 0 saturated heterocycles. The third kappa shape index (κ3) is 2.99. The summed E-state index contributed by atoms with van der Waals surface area (Å²) in [7, 11) is 0. The van der Waals surface area contributed by atoms with E-state index in [-0.39, 0.29) is 29.8 Å². The Labute approximate surface area is 118 Å². The highest BCUT2D eigenvalue weighted by atomic mass is 16.2. The fraction of sp³-hybridized carbons (Fsp3) is 0.467. The van der Waals surface area contributed by atoms with Crippen molar-refractivity contribution in [2.24, 2.45) is 11.7 Å². The number of carbonyl (C=O) groups excluding carboxylic acids is 2. The summed E-state index contributed by atoms with van der Waals surface area (Å²) in [5.41, 5.74) is 8.57. The lowest BCUT2D eigenvalue weighted by Gasteiger charge is -2.20. The van der Waals surface area contributed by atoms with Crippen molar-refractivity contribution >= 4 is 17.5 Å². The second-order valence-electron chi connectivity index (χ2n) is 5.52. The van der Waals surface area contributed by atoms with E-state index in [2.05, 4.69) is 10.6 Å². The van der Waals surface area contributed by atoms with E-state index in [0.717, 1.165) is 16.8 Å². The highest BCUT2D eigenvalue weighted by Crippen LogP contribution is 2.26. The van der Waals surface area contributed by atoms with Crippen LogP contribution in [0.1, 0.15) is 37.9 Å². The molecule has 0 fully saturated rings. The Morgan fingerprint density at radius 1 is 1.35 bits per heavy atom. The van der Waals surface area contributed by atoms with Crippen molar-refractivity contribution in [3.05, 3.63) is 29.3 Å². The second-order valence-corrected chi connectivity index (χ2v) is 5.52. The van der Waals surface area contributed by atoms with Gasteiger partial charge in [0.1, 0.15) is 0 Å². The molecule has 5 nitrogen and oxygen atoms in total. The van der Waals surface area contributed by atoms with Crippen molar-refractivity contribution < 1.29 is 9.59 Å². The normalized spacial score (nSPS) is 17.9. The van der Waals surface area contributed by atoms with Crippen LogP contribution in [0.5, 0.6) is 0 Å². The maximum Gasteiger partial charge on any atom is 0.228 e. The highest BCUT2D eigenvalue weighted by molar-refractivity contribution is 5.99. The molecule has 0 aromatic heterocycles. The number of amides is 2. The molecule has 0 spiro atoms. The van der Waals surface area contributed by atoms with Crippen LogP contribution in [-0.4, -0.2) is 17.9 Å². The molecule has 0 saturated carbocycles. The molecule has 2 amide bonds. The predicted octanol–water partition coefficient (Wildman–Crippen LogP) is 1.34. The first-order valence-corrected chi connectivity index (χ1v) is 6.87. The van der Waals surface area contributed by atoms with Gasteiger partial charge in [-0.2, -0.15) is 0 Å². The lowest BCUT2D eigenvalue weighted by atomic mass is 10.0. The monoisotopic (exact) mass is 275 g/mol. The van der Waals surface area contributed by atoms with Crippen LogP contribution in [0.15, 0.2) is 18.2 Å². The quantitative estimate of drug-likeness (QED) is 0.775. The molecule has 0 bridgehead atoms. The molecule has 3 atom stereocenters. The molecule has 2 rings (SSSR count). The number of hydrogen-bond acceptors (Lipinski definition) is 3. The SMILES string of the molecule is CC(NC(=O)C(C)C(C)N)c1ccc2c(c1)CC(=O)N2. The first kappa shape index (κ1) is 14.5. The molecule has 5 heteroatoms. The van der Waals surface area contributed by atoms with Crippen molar-refractivity contribution in [3.63, 3.8) is 0 Å². The molecule has 0 aliphatic carbocycles. The van der Waals surface area contributed by atoms with Gasteiger partial charge in [0.25, 0.3) is 0 Å². The van der Waals surface area contributed by atoms with Crippen LogP contribution >= 0.6 is 0 Å². The number of benzene rings is 1. The summed E-state index contributed by atoms with van der Waals surface area (Å²) in [5, 5.41) is 5.75. The number of nitrogens with two attached hydrogens (primary N) is 1. The van der Waals surface area contributed by atoms with Crippen molar-refractivity contribution in [2.45, 2.75) is 39.3 Å². The molecule has 1 aromatic carbocycles. The minimum absolute atomic E-state index is 0.0133. The molecular weight excluding hydrogens is 254 g/mol. The van der Waals surface area contributed by atoms with E-state index in [4.69, 9.17) is 5.73 Å². The van der Waals surface area contributed by atoms with Gasteiger partial charge in [0, 0.05) is 17.6 Å². The summed E-state index contributed by atoms with van der Waals surface area (Å²) in [6.45, 7) is 5.57. The van der Waals surface area contributed by atoms with E-state index < -0.39 is 0 Å². The van der Waals surface area contributed by atoms with Gasteiger partial charge in [0.05, 0.1) is 12.5 Å². The van der Waals surface area contributed by atoms with Gasteiger partial charge < -0.3 is 16.4 Å². The number of anilines is 1. The van der Waals surface area contributed by atoms with Crippen LogP contribution in [0.2, 0.25) is 0 Å². The van der Waals surface area contributed by atoms with Crippen molar-refractivity contribution in [3.8, 4) is 0 Å². The summed E-state index contributed by atoms with van der Waals surface area (Å²) in [6.07, 6.45) is 0.403. The van der Waals surface area contributed by atoms with Gasteiger partial charge in [-0.15, -0.1) is 0 Å². The van der Waals surface area contributed by atoms with Crippen LogP contribution in [0.3, 0.4) is 0 Å². The second kappa shape index (κ2) is 5.63. The maximum absolute atomic E-state index is 12.0. The molecular formula is C15H21N3O2. The van der Waals surface area contributed by atoms with Gasteiger partial charge in [-0.3, -0.25) is 9.59 Å². The maximum atomic E-state index is 12.0. The zero-order chi connectivity index (χ0) is 14.9. The average Bonchev–Trinajstić information content (AvgIpc) is 2.76. The van der Waals surface area contributed by atoms with E-state index in [1.54, 1.807) is 0 Å². The molecule has 4 N–H and O–H groups in total. The third-order valence-electron chi connectivity index (χ3n) is 3.82. The van der Waals surface area contributed by atoms with E-state index >= 15 is 0 Å². The Balaban J connectivity index is 2.07. The van der Waals surface area contributed by atoms with Crippen LogP contribution in [-0.2, 0) is 16.0 Å². The summed E-state index contributed by atoms with van der Waals surface area (Å²) in [4.78, 5) is 23.3. The topological polar surface area (TPSA) is 84.2 Å².